The molecular formula is C16H25ClN2O2. The molecule has 0 spiro atoms. The van der Waals surface area contributed by atoms with Crippen LogP contribution in [0.2, 0.25) is 0 Å². The van der Waals surface area contributed by atoms with Crippen molar-refractivity contribution >= 4 is 12.4 Å². The molecule has 0 saturated carbocycles. The van der Waals surface area contributed by atoms with E-state index in [-0.39, 0.29) is 12.4 Å². The van der Waals surface area contributed by atoms with E-state index in [9.17, 15) is 0 Å². The third-order valence-electron chi connectivity index (χ3n) is 4.49. The summed E-state index contributed by atoms with van der Waals surface area (Å²) in [6, 6.07) is 7.44. The number of hydrogen-bond acceptors (Lipinski definition) is 4. The van der Waals surface area contributed by atoms with E-state index in [0.717, 1.165) is 37.2 Å². The zero-order valence-electron chi connectivity index (χ0n) is 12.8. The number of methoxy groups -OCH3 is 2. The van der Waals surface area contributed by atoms with Gasteiger partial charge in [0.25, 0.3) is 0 Å². The molecule has 0 amide bonds. The summed E-state index contributed by atoms with van der Waals surface area (Å²) in [5, 5.41) is 3.72. The second-order valence-corrected chi connectivity index (χ2v) is 5.84. The first-order valence-electron chi connectivity index (χ1n) is 7.48. The van der Waals surface area contributed by atoms with Crippen LogP contribution < -0.4 is 14.8 Å². The van der Waals surface area contributed by atoms with Crippen LogP contribution in [0.4, 0.5) is 0 Å². The molecule has 1 N–H and O–H groups in total. The summed E-state index contributed by atoms with van der Waals surface area (Å²) in [5.74, 6) is 1.85. The monoisotopic (exact) mass is 312 g/mol. The predicted molar refractivity (Wildman–Crippen MR) is 86.6 cm³/mol. The lowest BCUT2D eigenvalue weighted by molar-refractivity contribution is 0.246. The molecule has 2 atom stereocenters. The molecule has 2 aliphatic rings. The number of rotatable bonds is 4. The number of nitrogens with one attached hydrogen (secondary N) is 1. The van der Waals surface area contributed by atoms with Gasteiger partial charge in [-0.1, -0.05) is 0 Å². The molecule has 1 aromatic carbocycles. The summed E-state index contributed by atoms with van der Waals surface area (Å²) >= 11 is 0. The van der Waals surface area contributed by atoms with Gasteiger partial charge in [0, 0.05) is 37.3 Å². The van der Waals surface area contributed by atoms with Crippen LogP contribution in [0.3, 0.4) is 0 Å². The van der Waals surface area contributed by atoms with Gasteiger partial charge >= 0.3 is 0 Å². The first-order valence-corrected chi connectivity index (χ1v) is 7.48. The van der Waals surface area contributed by atoms with E-state index in [1.165, 1.54) is 24.8 Å². The molecule has 0 aromatic heterocycles. The van der Waals surface area contributed by atoms with Gasteiger partial charge in [-0.05, 0) is 37.5 Å². The Bertz CT molecular complexity index is 470. The van der Waals surface area contributed by atoms with Gasteiger partial charge in [-0.15, -0.1) is 12.4 Å². The zero-order chi connectivity index (χ0) is 13.9. The van der Waals surface area contributed by atoms with E-state index in [2.05, 4.69) is 16.3 Å². The van der Waals surface area contributed by atoms with Crippen molar-refractivity contribution in [2.24, 2.45) is 0 Å². The fraction of sp³-hybridized carbons (Fsp3) is 0.625. The van der Waals surface area contributed by atoms with Gasteiger partial charge in [-0.2, -0.15) is 0 Å². The Balaban J connectivity index is 0.00000161. The maximum atomic E-state index is 5.48. The van der Waals surface area contributed by atoms with Gasteiger partial charge in [0.1, 0.15) is 11.5 Å². The molecule has 4 nitrogen and oxygen atoms in total. The first kappa shape index (κ1) is 16.4. The lowest BCUT2D eigenvalue weighted by Crippen LogP contribution is -2.35. The molecule has 3 rings (SSSR count). The number of halogens is 1. The van der Waals surface area contributed by atoms with Crippen molar-refractivity contribution < 1.29 is 9.47 Å². The quantitative estimate of drug-likeness (QED) is 0.926. The largest absolute Gasteiger partial charge is 0.497 e. The van der Waals surface area contributed by atoms with Crippen LogP contribution in [-0.2, 0) is 6.54 Å². The molecule has 2 bridgehead atoms. The van der Waals surface area contributed by atoms with Gasteiger partial charge in [0.05, 0.1) is 14.2 Å². The number of hydrogen-bond donors (Lipinski definition) is 1. The van der Waals surface area contributed by atoms with Crippen LogP contribution in [0.1, 0.15) is 24.8 Å². The van der Waals surface area contributed by atoms with E-state index in [1.54, 1.807) is 14.2 Å². The average molecular weight is 313 g/mol. The van der Waals surface area contributed by atoms with Crippen molar-refractivity contribution in [2.75, 3.05) is 27.3 Å². The molecular weight excluding hydrogens is 288 g/mol. The van der Waals surface area contributed by atoms with Crippen molar-refractivity contribution in [2.45, 2.75) is 37.9 Å². The standard InChI is InChI=1S/C16H24N2O2.ClH/c1-19-15-5-6-16(20-2)12(9-15)10-18-8-7-13-3-4-14(11-18)17-13;/h5-6,9,13-14,17H,3-4,7-8,10-11H2,1-2H3;1H. The summed E-state index contributed by atoms with van der Waals surface area (Å²) in [7, 11) is 3.44. The minimum Gasteiger partial charge on any atom is -0.497 e. The highest BCUT2D eigenvalue weighted by molar-refractivity contribution is 5.85. The lowest BCUT2D eigenvalue weighted by Gasteiger charge is -2.25. The SMILES string of the molecule is COc1ccc(OC)c(CN2CCC3CCC(C2)N3)c1.Cl. The highest BCUT2D eigenvalue weighted by Crippen LogP contribution is 2.27. The van der Waals surface area contributed by atoms with Gasteiger partial charge in [0.15, 0.2) is 0 Å². The fourth-order valence-electron chi connectivity index (χ4n) is 3.41. The number of nitrogens with zero attached hydrogens (tertiary/aromatic N) is 1. The average Bonchev–Trinajstić information content (AvgIpc) is 2.81. The van der Waals surface area contributed by atoms with Gasteiger partial charge in [-0.25, -0.2) is 0 Å². The van der Waals surface area contributed by atoms with Crippen molar-refractivity contribution in [3.63, 3.8) is 0 Å². The molecule has 0 aliphatic carbocycles. The topological polar surface area (TPSA) is 33.7 Å². The predicted octanol–water partition coefficient (Wildman–Crippen LogP) is 2.45. The number of fused-ring (bicyclic) bond motifs is 2. The van der Waals surface area contributed by atoms with Gasteiger partial charge in [-0.3, -0.25) is 4.90 Å². The molecule has 0 radical (unpaired) electrons. The Hall–Kier alpha value is -0.970. The smallest absolute Gasteiger partial charge is 0.123 e. The molecule has 118 valence electrons. The highest BCUT2D eigenvalue weighted by Gasteiger charge is 2.29. The second-order valence-electron chi connectivity index (χ2n) is 5.84. The summed E-state index contributed by atoms with van der Waals surface area (Å²) in [5.41, 5.74) is 1.21. The van der Waals surface area contributed by atoms with Crippen LogP contribution in [0.25, 0.3) is 0 Å². The minimum absolute atomic E-state index is 0. The molecule has 21 heavy (non-hydrogen) atoms. The Labute approximate surface area is 133 Å². The second kappa shape index (κ2) is 7.34. The first-order chi connectivity index (χ1) is 9.78. The summed E-state index contributed by atoms with van der Waals surface area (Å²) in [6.07, 6.45) is 3.92. The Morgan fingerprint density at radius 2 is 1.95 bits per heavy atom. The summed E-state index contributed by atoms with van der Waals surface area (Å²) < 4.78 is 10.8. The van der Waals surface area contributed by atoms with Crippen LogP contribution in [0.5, 0.6) is 11.5 Å². The maximum Gasteiger partial charge on any atom is 0.123 e. The van der Waals surface area contributed by atoms with Crippen LogP contribution in [0, 0.1) is 0 Å². The van der Waals surface area contributed by atoms with E-state index in [4.69, 9.17) is 9.47 Å². The lowest BCUT2D eigenvalue weighted by atomic mass is 10.1. The Morgan fingerprint density at radius 1 is 1.14 bits per heavy atom. The summed E-state index contributed by atoms with van der Waals surface area (Å²) in [4.78, 5) is 2.54. The molecule has 1 aromatic rings. The van der Waals surface area contributed by atoms with Crippen LogP contribution >= 0.6 is 12.4 Å². The van der Waals surface area contributed by atoms with E-state index in [1.807, 2.05) is 12.1 Å². The van der Waals surface area contributed by atoms with Crippen LogP contribution in [0.15, 0.2) is 18.2 Å². The van der Waals surface area contributed by atoms with Gasteiger partial charge < -0.3 is 14.8 Å². The number of ether oxygens (including phenoxy) is 2. The minimum atomic E-state index is 0. The van der Waals surface area contributed by atoms with Crippen molar-refractivity contribution in [1.82, 2.24) is 10.2 Å². The third-order valence-corrected chi connectivity index (χ3v) is 4.49. The molecule has 2 fully saturated rings. The molecule has 2 heterocycles. The van der Waals surface area contributed by atoms with Crippen molar-refractivity contribution in [3.8, 4) is 11.5 Å². The normalized spacial score (nSPS) is 25.0. The molecule has 2 aliphatic heterocycles. The van der Waals surface area contributed by atoms with E-state index in [0.29, 0.717) is 6.04 Å². The fourth-order valence-corrected chi connectivity index (χ4v) is 3.41. The van der Waals surface area contributed by atoms with E-state index >= 15 is 0 Å². The van der Waals surface area contributed by atoms with Crippen molar-refractivity contribution in [3.05, 3.63) is 23.8 Å². The van der Waals surface area contributed by atoms with E-state index < -0.39 is 0 Å². The highest BCUT2D eigenvalue weighted by atomic mass is 35.5. The zero-order valence-corrected chi connectivity index (χ0v) is 13.6. The number of benzene rings is 1. The molecule has 5 heteroatoms. The third kappa shape index (κ3) is 3.82. The Kier molecular flexibility index (Phi) is 5.73. The maximum absolute atomic E-state index is 5.48. The Morgan fingerprint density at radius 3 is 2.71 bits per heavy atom. The van der Waals surface area contributed by atoms with Crippen LogP contribution in [-0.4, -0.2) is 44.3 Å². The molecule has 2 unspecified atom stereocenters. The van der Waals surface area contributed by atoms with Crippen molar-refractivity contribution in [1.29, 1.82) is 0 Å². The summed E-state index contributed by atoms with van der Waals surface area (Å²) in [6.45, 7) is 3.23. The van der Waals surface area contributed by atoms with Gasteiger partial charge in [0.2, 0.25) is 0 Å². The molecule has 2 saturated heterocycles. The number of likely N-dealkylation sites (tertiary alicyclic amines) is 1.